The van der Waals surface area contributed by atoms with E-state index in [1.165, 1.54) is 19.4 Å². The molecule has 1 aliphatic rings. The largest absolute Gasteiger partial charge is 0.357 e. The summed E-state index contributed by atoms with van der Waals surface area (Å²) in [6.07, 6.45) is 6.07. The van der Waals surface area contributed by atoms with E-state index in [1.807, 2.05) is 30.8 Å². The second-order valence-electron chi connectivity index (χ2n) is 7.18. The Kier molecular flexibility index (Phi) is 4.32. The van der Waals surface area contributed by atoms with E-state index in [0.29, 0.717) is 11.9 Å². The average molecular weight is 351 g/mol. The smallest absolute Gasteiger partial charge is 0.165 e. The van der Waals surface area contributed by atoms with Crippen LogP contribution < -0.4 is 4.90 Å². The molecule has 1 unspecified atom stereocenters. The number of fused-ring (bicyclic) bond motifs is 1. The predicted octanol–water partition coefficient (Wildman–Crippen LogP) is 2.26. The summed E-state index contributed by atoms with van der Waals surface area (Å²) in [6, 6.07) is 4.46. The summed E-state index contributed by atoms with van der Waals surface area (Å²) in [5, 5.41) is 5.61. The standard InChI is InChI=1S/C19H25N7/c1-13-16-18(25(3)12-15-8-6-10-24(15)2)21-17(14-7-5-9-20-11-14)22-19(16)26(4)23-13/h5,7,9,11,15H,6,8,10,12H2,1-4H3. The normalized spacial score (nSPS) is 17.9. The van der Waals surface area contributed by atoms with Crippen LogP contribution in [0.1, 0.15) is 18.5 Å². The van der Waals surface area contributed by atoms with Crippen molar-refractivity contribution in [3.63, 3.8) is 0 Å². The zero-order valence-electron chi connectivity index (χ0n) is 15.8. The molecular weight excluding hydrogens is 326 g/mol. The topological polar surface area (TPSA) is 63.0 Å². The minimum Gasteiger partial charge on any atom is -0.357 e. The summed E-state index contributed by atoms with van der Waals surface area (Å²) in [5.74, 6) is 1.63. The lowest BCUT2D eigenvalue weighted by Gasteiger charge is -2.27. The third-order valence-corrected chi connectivity index (χ3v) is 5.28. The third kappa shape index (κ3) is 2.92. The number of likely N-dealkylation sites (N-methyl/N-ethyl adjacent to an activating group) is 2. The first-order chi connectivity index (χ1) is 12.5. The summed E-state index contributed by atoms with van der Waals surface area (Å²) in [5.41, 5.74) is 2.74. The van der Waals surface area contributed by atoms with Crippen molar-refractivity contribution in [3.05, 3.63) is 30.2 Å². The Morgan fingerprint density at radius 3 is 2.81 bits per heavy atom. The Morgan fingerprint density at radius 1 is 1.27 bits per heavy atom. The van der Waals surface area contributed by atoms with Crippen LogP contribution >= 0.6 is 0 Å². The molecule has 0 aromatic carbocycles. The van der Waals surface area contributed by atoms with Crippen LogP contribution in [-0.2, 0) is 7.05 Å². The van der Waals surface area contributed by atoms with Crippen molar-refractivity contribution in [2.75, 3.05) is 32.1 Å². The second kappa shape index (κ2) is 6.64. The maximum Gasteiger partial charge on any atom is 0.165 e. The van der Waals surface area contributed by atoms with Crippen LogP contribution in [0.25, 0.3) is 22.4 Å². The Bertz CT molecular complexity index is 919. The van der Waals surface area contributed by atoms with Crippen LogP contribution in [0.3, 0.4) is 0 Å². The molecule has 0 saturated carbocycles. The lowest BCUT2D eigenvalue weighted by atomic mass is 10.2. The van der Waals surface area contributed by atoms with Gasteiger partial charge in [0, 0.05) is 44.6 Å². The molecule has 3 aromatic heterocycles. The van der Waals surface area contributed by atoms with Gasteiger partial charge in [-0.2, -0.15) is 5.10 Å². The minimum atomic E-state index is 0.559. The first-order valence-corrected chi connectivity index (χ1v) is 9.07. The number of anilines is 1. The van der Waals surface area contributed by atoms with E-state index in [1.54, 1.807) is 12.4 Å². The molecule has 1 aliphatic heterocycles. The number of aromatic nitrogens is 5. The molecule has 0 N–H and O–H groups in total. The number of rotatable bonds is 4. The van der Waals surface area contributed by atoms with Gasteiger partial charge in [0.05, 0.1) is 11.1 Å². The van der Waals surface area contributed by atoms with Crippen molar-refractivity contribution in [1.82, 2.24) is 29.6 Å². The van der Waals surface area contributed by atoms with E-state index in [2.05, 4.69) is 34.0 Å². The van der Waals surface area contributed by atoms with Gasteiger partial charge < -0.3 is 9.80 Å². The van der Waals surface area contributed by atoms with E-state index in [-0.39, 0.29) is 0 Å². The highest BCUT2D eigenvalue weighted by Crippen LogP contribution is 2.30. The maximum atomic E-state index is 4.92. The lowest BCUT2D eigenvalue weighted by molar-refractivity contribution is 0.314. The van der Waals surface area contributed by atoms with Gasteiger partial charge in [0.2, 0.25) is 0 Å². The zero-order chi connectivity index (χ0) is 18.3. The molecule has 0 bridgehead atoms. The molecule has 136 valence electrons. The molecular formula is C19H25N7. The van der Waals surface area contributed by atoms with Gasteiger partial charge >= 0.3 is 0 Å². The van der Waals surface area contributed by atoms with Crippen molar-refractivity contribution in [2.45, 2.75) is 25.8 Å². The van der Waals surface area contributed by atoms with Gasteiger partial charge in [0.15, 0.2) is 11.5 Å². The fraction of sp³-hybridized carbons (Fsp3) is 0.474. The van der Waals surface area contributed by atoms with Crippen molar-refractivity contribution in [3.8, 4) is 11.4 Å². The maximum absolute atomic E-state index is 4.92. The fourth-order valence-electron chi connectivity index (χ4n) is 3.83. The third-order valence-electron chi connectivity index (χ3n) is 5.28. The van der Waals surface area contributed by atoms with Crippen LogP contribution in [0.15, 0.2) is 24.5 Å². The first-order valence-electron chi connectivity index (χ1n) is 9.07. The minimum absolute atomic E-state index is 0.559. The van der Waals surface area contributed by atoms with Gasteiger partial charge in [0.25, 0.3) is 0 Å². The van der Waals surface area contributed by atoms with Crippen LogP contribution in [-0.4, -0.2) is 62.9 Å². The van der Waals surface area contributed by atoms with E-state index in [0.717, 1.165) is 34.7 Å². The average Bonchev–Trinajstić information content (AvgIpc) is 3.18. The molecule has 7 nitrogen and oxygen atoms in total. The quantitative estimate of drug-likeness (QED) is 0.718. The van der Waals surface area contributed by atoms with Crippen LogP contribution in [0.2, 0.25) is 0 Å². The number of aryl methyl sites for hydroxylation is 2. The van der Waals surface area contributed by atoms with Crippen LogP contribution in [0.4, 0.5) is 5.82 Å². The van der Waals surface area contributed by atoms with Gasteiger partial charge in [-0.25, -0.2) is 9.97 Å². The lowest BCUT2D eigenvalue weighted by Crippen LogP contribution is -2.37. The van der Waals surface area contributed by atoms with E-state index in [9.17, 15) is 0 Å². The summed E-state index contributed by atoms with van der Waals surface area (Å²) in [7, 11) is 6.26. The molecule has 4 heterocycles. The number of likely N-dealkylation sites (tertiary alicyclic amines) is 1. The zero-order valence-corrected chi connectivity index (χ0v) is 15.8. The van der Waals surface area contributed by atoms with Crippen molar-refractivity contribution in [2.24, 2.45) is 7.05 Å². The highest BCUT2D eigenvalue weighted by Gasteiger charge is 2.25. The molecule has 0 aliphatic carbocycles. The summed E-state index contributed by atoms with van der Waals surface area (Å²) in [6.45, 7) is 4.14. The Morgan fingerprint density at radius 2 is 2.12 bits per heavy atom. The number of hydrogen-bond donors (Lipinski definition) is 0. The molecule has 1 fully saturated rings. The number of nitrogens with zero attached hydrogens (tertiary/aromatic N) is 7. The van der Waals surface area contributed by atoms with Gasteiger partial charge in [-0.3, -0.25) is 9.67 Å². The summed E-state index contributed by atoms with van der Waals surface area (Å²) < 4.78 is 1.84. The molecule has 4 rings (SSSR count). The van der Waals surface area contributed by atoms with Gasteiger partial charge in [0.1, 0.15) is 5.82 Å². The van der Waals surface area contributed by atoms with Crippen molar-refractivity contribution in [1.29, 1.82) is 0 Å². The summed E-state index contributed by atoms with van der Waals surface area (Å²) >= 11 is 0. The molecule has 1 saturated heterocycles. The second-order valence-corrected chi connectivity index (χ2v) is 7.18. The number of pyridine rings is 1. The van der Waals surface area contributed by atoms with E-state index < -0.39 is 0 Å². The van der Waals surface area contributed by atoms with Crippen LogP contribution in [0.5, 0.6) is 0 Å². The monoisotopic (exact) mass is 351 g/mol. The molecule has 0 radical (unpaired) electrons. The molecule has 7 heteroatoms. The first kappa shape index (κ1) is 16.9. The van der Waals surface area contributed by atoms with Gasteiger partial charge in [-0.15, -0.1) is 0 Å². The van der Waals surface area contributed by atoms with E-state index in [4.69, 9.17) is 9.97 Å². The molecule has 3 aromatic rings. The number of hydrogen-bond acceptors (Lipinski definition) is 6. The molecule has 26 heavy (non-hydrogen) atoms. The highest BCUT2D eigenvalue weighted by atomic mass is 15.3. The van der Waals surface area contributed by atoms with Gasteiger partial charge in [-0.1, -0.05) is 0 Å². The highest BCUT2D eigenvalue weighted by molar-refractivity contribution is 5.91. The van der Waals surface area contributed by atoms with Crippen molar-refractivity contribution >= 4 is 16.9 Å². The molecule has 0 amide bonds. The summed E-state index contributed by atoms with van der Waals surface area (Å²) in [4.78, 5) is 18.6. The fourth-order valence-corrected chi connectivity index (χ4v) is 3.83. The van der Waals surface area contributed by atoms with E-state index >= 15 is 0 Å². The Labute approximate surface area is 153 Å². The Hall–Kier alpha value is -2.54. The molecule has 0 spiro atoms. The van der Waals surface area contributed by atoms with Crippen molar-refractivity contribution < 1.29 is 0 Å². The van der Waals surface area contributed by atoms with Gasteiger partial charge in [-0.05, 0) is 45.5 Å². The SMILES string of the molecule is Cc1nn(C)c2nc(-c3cccnc3)nc(N(C)CC3CCCN3C)c12. The predicted molar refractivity (Wildman–Crippen MR) is 103 cm³/mol. The Balaban J connectivity index is 1.81. The van der Waals surface area contributed by atoms with Crippen LogP contribution in [0, 0.1) is 6.92 Å². The molecule has 1 atom stereocenters.